The molecule has 15 heteroatoms. The molecule has 6 N–H and O–H groups in total. The van der Waals surface area contributed by atoms with Crippen LogP contribution in [0.4, 0.5) is 0 Å². The van der Waals surface area contributed by atoms with Crippen molar-refractivity contribution in [2.45, 2.75) is 96.2 Å². The summed E-state index contributed by atoms with van der Waals surface area (Å²) in [5.74, 6) is -2.31. The average Bonchev–Trinajstić information content (AvgIpc) is 3.32. The van der Waals surface area contributed by atoms with E-state index in [-0.39, 0.29) is 54.9 Å². The number of allylic oxidation sites excluding steroid dienone is 2. The predicted octanol–water partition coefficient (Wildman–Crippen LogP) is 1.49. The standard InChI is InChI=1S/C28H40NO13P/c1-5-6-11-29-27(34)28(35)12-19(30)23(32)20(13-28)41-21(31)10-8-15(2)7-9-17-24(39-4)16(3)18-14-40-26(33)22(18)25(17)42-43(36,37)38/h7,19-20,23,30,32,35H,5-6,8-14H2,1-4H3,(H,29,34)(H2,36,37,38)/b15-7+/t19-,20-,23-,28?/m1/s1. The highest BCUT2D eigenvalue weighted by molar-refractivity contribution is 7.46. The van der Waals surface area contributed by atoms with Crippen molar-refractivity contribution in [1.29, 1.82) is 0 Å². The molecule has 1 amide bonds. The van der Waals surface area contributed by atoms with Crippen molar-refractivity contribution in [2.75, 3.05) is 13.7 Å². The minimum atomic E-state index is -5.07. The zero-order valence-corrected chi connectivity index (χ0v) is 25.5. The first-order chi connectivity index (χ1) is 20.1. The second kappa shape index (κ2) is 14.2. The van der Waals surface area contributed by atoms with Crippen molar-refractivity contribution in [3.05, 3.63) is 33.9 Å². The van der Waals surface area contributed by atoms with Gasteiger partial charge in [0, 0.05) is 36.9 Å². The van der Waals surface area contributed by atoms with Gasteiger partial charge in [0.2, 0.25) is 0 Å². The van der Waals surface area contributed by atoms with Crippen molar-refractivity contribution < 1.29 is 62.8 Å². The summed E-state index contributed by atoms with van der Waals surface area (Å²) in [5, 5.41) is 34.1. The molecule has 1 heterocycles. The summed E-state index contributed by atoms with van der Waals surface area (Å²) in [7, 11) is -3.70. The van der Waals surface area contributed by atoms with Crippen molar-refractivity contribution in [3.63, 3.8) is 0 Å². The number of unbranched alkanes of at least 4 members (excludes halogenated alkanes) is 1. The largest absolute Gasteiger partial charge is 0.524 e. The lowest BCUT2D eigenvalue weighted by atomic mass is 9.79. The molecule has 1 unspecified atom stereocenters. The van der Waals surface area contributed by atoms with Crippen LogP contribution in [0.15, 0.2) is 11.6 Å². The SMILES string of the molecule is CCCCNC(=O)C1(O)C[C@@H](O)[C@@H](O)[C@H](OC(=O)CC/C(C)=C/Cc2c(OC)c(C)c3c(c2OP(=O)(O)O)C(=O)OC3)C1. The van der Waals surface area contributed by atoms with E-state index in [1.165, 1.54) is 7.11 Å². The first-order valence-corrected chi connectivity index (χ1v) is 15.5. The molecule has 2 aliphatic rings. The molecule has 1 aromatic carbocycles. The fourth-order valence-electron chi connectivity index (χ4n) is 5.23. The van der Waals surface area contributed by atoms with E-state index in [0.29, 0.717) is 29.7 Å². The minimum absolute atomic E-state index is 0.0223. The van der Waals surface area contributed by atoms with Gasteiger partial charge in [-0.2, -0.15) is 0 Å². The van der Waals surface area contributed by atoms with Crippen LogP contribution in [0.3, 0.4) is 0 Å². The molecule has 1 aliphatic heterocycles. The number of rotatable bonds is 13. The minimum Gasteiger partial charge on any atom is -0.496 e. The van der Waals surface area contributed by atoms with Crippen molar-refractivity contribution in [1.82, 2.24) is 5.32 Å². The first kappa shape index (κ1) is 34.5. The number of phosphoric acid groups is 1. The van der Waals surface area contributed by atoms with Crippen molar-refractivity contribution >= 4 is 25.7 Å². The molecule has 1 fully saturated rings. The van der Waals surface area contributed by atoms with Gasteiger partial charge in [0.05, 0.1) is 13.2 Å². The number of esters is 2. The van der Waals surface area contributed by atoms with E-state index in [9.17, 15) is 44.1 Å². The van der Waals surface area contributed by atoms with Crippen LogP contribution in [0.5, 0.6) is 11.5 Å². The Bertz CT molecular complexity index is 1310. The number of fused-ring (bicyclic) bond motifs is 1. The third kappa shape index (κ3) is 8.34. The van der Waals surface area contributed by atoms with Crippen LogP contribution >= 0.6 is 7.82 Å². The Hall–Kier alpha value is -3.00. The maximum Gasteiger partial charge on any atom is 0.524 e. The second-order valence-corrected chi connectivity index (χ2v) is 12.0. The normalized spacial score (nSPS) is 23.8. The fourth-order valence-corrected chi connectivity index (χ4v) is 5.67. The van der Waals surface area contributed by atoms with Crippen LogP contribution in [0.1, 0.15) is 79.4 Å². The number of nitrogens with one attached hydrogen (secondary N) is 1. The van der Waals surface area contributed by atoms with Crippen molar-refractivity contribution in [2.24, 2.45) is 0 Å². The lowest BCUT2D eigenvalue weighted by molar-refractivity contribution is -0.190. The number of carbonyl (C=O) groups is 3. The summed E-state index contributed by atoms with van der Waals surface area (Å²) in [5.41, 5.74) is -0.273. The monoisotopic (exact) mass is 629 g/mol. The average molecular weight is 630 g/mol. The summed E-state index contributed by atoms with van der Waals surface area (Å²) >= 11 is 0. The van der Waals surface area contributed by atoms with Gasteiger partial charge in [-0.05, 0) is 38.7 Å². The number of aliphatic hydroxyl groups is 3. The highest BCUT2D eigenvalue weighted by atomic mass is 31.2. The molecule has 4 atom stereocenters. The van der Waals surface area contributed by atoms with E-state index in [4.69, 9.17) is 18.7 Å². The molecule has 0 aromatic heterocycles. The van der Waals surface area contributed by atoms with Crippen LogP contribution in [0.25, 0.3) is 0 Å². The van der Waals surface area contributed by atoms with Gasteiger partial charge < -0.3 is 39.4 Å². The van der Waals surface area contributed by atoms with Crippen LogP contribution in [0.2, 0.25) is 0 Å². The number of benzene rings is 1. The third-order valence-electron chi connectivity index (χ3n) is 7.60. The summed E-state index contributed by atoms with van der Waals surface area (Å²) in [6.45, 7) is 5.56. The predicted molar refractivity (Wildman–Crippen MR) is 150 cm³/mol. The Balaban J connectivity index is 1.71. The zero-order valence-electron chi connectivity index (χ0n) is 24.6. The molecule has 3 rings (SSSR count). The molecule has 1 aromatic rings. The highest BCUT2D eigenvalue weighted by Gasteiger charge is 2.50. The van der Waals surface area contributed by atoms with Gasteiger partial charge in [-0.25, -0.2) is 9.36 Å². The molecule has 43 heavy (non-hydrogen) atoms. The lowest BCUT2D eigenvalue weighted by Crippen LogP contribution is -2.59. The molecule has 0 saturated heterocycles. The number of ether oxygens (including phenoxy) is 3. The lowest BCUT2D eigenvalue weighted by Gasteiger charge is -2.40. The van der Waals surface area contributed by atoms with Crippen LogP contribution in [0, 0.1) is 6.92 Å². The zero-order chi connectivity index (χ0) is 32.1. The van der Waals surface area contributed by atoms with Gasteiger partial charge in [-0.3, -0.25) is 19.4 Å². The van der Waals surface area contributed by atoms with E-state index >= 15 is 0 Å². The Morgan fingerprint density at radius 1 is 1.19 bits per heavy atom. The molecule has 0 spiro atoms. The van der Waals surface area contributed by atoms with E-state index < -0.39 is 56.0 Å². The topological polar surface area (TPSA) is 218 Å². The number of methoxy groups -OCH3 is 1. The van der Waals surface area contributed by atoms with E-state index in [2.05, 4.69) is 5.32 Å². The molecular formula is C28H40NO13P. The van der Waals surface area contributed by atoms with Crippen LogP contribution < -0.4 is 14.6 Å². The number of aliphatic hydroxyl groups excluding tert-OH is 2. The first-order valence-electron chi connectivity index (χ1n) is 14.0. The summed E-state index contributed by atoms with van der Waals surface area (Å²) < 4.78 is 32.6. The van der Waals surface area contributed by atoms with Gasteiger partial charge in [0.15, 0.2) is 5.75 Å². The summed E-state index contributed by atoms with van der Waals surface area (Å²) in [6, 6.07) is 0. The number of phosphoric ester groups is 1. The maximum atomic E-state index is 12.7. The van der Waals surface area contributed by atoms with Gasteiger partial charge in [-0.15, -0.1) is 0 Å². The van der Waals surface area contributed by atoms with Gasteiger partial charge in [0.1, 0.15) is 35.7 Å². The third-order valence-corrected chi connectivity index (χ3v) is 8.02. The van der Waals surface area contributed by atoms with E-state index in [0.717, 1.165) is 6.42 Å². The van der Waals surface area contributed by atoms with E-state index in [1.54, 1.807) is 19.9 Å². The number of carbonyl (C=O) groups excluding carboxylic acids is 3. The van der Waals surface area contributed by atoms with Crippen LogP contribution in [-0.4, -0.2) is 80.5 Å². The molecule has 0 bridgehead atoms. The quantitative estimate of drug-likeness (QED) is 0.0790. The van der Waals surface area contributed by atoms with Crippen LogP contribution in [-0.2, 0) is 36.7 Å². The number of hydrogen-bond acceptors (Lipinski definition) is 11. The fraction of sp³-hybridized carbons (Fsp3) is 0.607. The van der Waals surface area contributed by atoms with Gasteiger partial charge >= 0.3 is 19.8 Å². The molecule has 1 aliphatic carbocycles. The van der Waals surface area contributed by atoms with Crippen molar-refractivity contribution in [3.8, 4) is 11.5 Å². The smallest absolute Gasteiger partial charge is 0.496 e. The number of cyclic esters (lactones) is 1. The highest BCUT2D eigenvalue weighted by Crippen LogP contribution is 2.48. The molecule has 14 nitrogen and oxygen atoms in total. The molecular weight excluding hydrogens is 589 g/mol. The molecule has 0 radical (unpaired) electrons. The Kier molecular flexibility index (Phi) is 11.4. The summed E-state index contributed by atoms with van der Waals surface area (Å²) in [6.07, 6.45) is -1.83. The Morgan fingerprint density at radius 2 is 1.88 bits per heavy atom. The Labute approximate surface area is 249 Å². The molecule has 240 valence electrons. The number of amides is 1. The van der Waals surface area contributed by atoms with Gasteiger partial charge in [-0.1, -0.05) is 25.0 Å². The number of hydrogen-bond donors (Lipinski definition) is 6. The maximum absolute atomic E-state index is 12.7. The van der Waals surface area contributed by atoms with E-state index in [1.807, 2.05) is 6.92 Å². The van der Waals surface area contributed by atoms with Gasteiger partial charge in [0.25, 0.3) is 5.91 Å². The molecule has 1 saturated carbocycles. The second-order valence-electron chi connectivity index (χ2n) is 10.9. The Morgan fingerprint density at radius 3 is 2.51 bits per heavy atom. The summed E-state index contributed by atoms with van der Waals surface area (Å²) in [4.78, 5) is 56.6.